The molecule has 1 aromatic rings. The van der Waals surface area contributed by atoms with Crippen molar-refractivity contribution in [2.45, 2.75) is 57.7 Å². The van der Waals surface area contributed by atoms with Gasteiger partial charge in [0.25, 0.3) is 0 Å². The van der Waals surface area contributed by atoms with E-state index in [4.69, 9.17) is 4.74 Å². The Hall–Kier alpha value is -1.11. The second-order valence-electron chi connectivity index (χ2n) is 7.68. The number of quaternary nitrogens is 2. The number of morpholine rings is 1. The molecule has 2 N–H and O–H groups in total. The van der Waals surface area contributed by atoms with E-state index in [1.807, 2.05) is 0 Å². The molecule has 2 fully saturated rings. The van der Waals surface area contributed by atoms with Crippen molar-refractivity contribution in [1.29, 1.82) is 0 Å². The van der Waals surface area contributed by atoms with Crippen LogP contribution in [0.5, 0.6) is 0 Å². The minimum atomic E-state index is -4.27. The van der Waals surface area contributed by atoms with Crippen LogP contribution in [0, 0.1) is 0 Å². The van der Waals surface area contributed by atoms with Crippen LogP contribution in [0.1, 0.15) is 37.8 Å². The molecule has 0 radical (unpaired) electrons. The van der Waals surface area contributed by atoms with Crippen LogP contribution in [0.2, 0.25) is 0 Å². The molecule has 25 heavy (non-hydrogen) atoms. The fraction of sp³-hybridized carbons (Fsp3) is 0.684. The van der Waals surface area contributed by atoms with Gasteiger partial charge in [0.15, 0.2) is 0 Å². The monoisotopic (exact) mass is 358 g/mol. The molecule has 3 atom stereocenters. The van der Waals surface area contributed by atoms with Gasteiger partial charge < -0.3 is 14.5 Å². The lowest BCUT2D eigenvalue weighted by molar-refractivity contribution is -0.970. The van der Waals surface area contributed by atoms with Crippen molar-refractivity contribution in [2.75, 3.05) is 26.2 Å². The largest absolute Gasteiger partial charge is 0.416 e. The molecular formula is C19H29F3N2O+2. The molecule has 2 aliphatic heterocycles. The maximum absolute atomic E-state index is 13.2. The molecule has 0 amide bonds. The molecular weight excluding hydrogens is 329 g/mol. The van der Waals surface area contributed by atoms with Crippen LogP contribution in [-0.4, -0.2) is 44.4 Å². The van der Waals surface area contributed by atoms with Crippen molar-refractivity contribution in [3.8, 4) is 0 Å². The van der Waals surface area contributed by atoms with E-state index in [-0.39, 0.29) is 0 Å². The molecule has 140 valence electrons. The van der Waals surface area contributed by atoms with E-state index in [9.17, 15) is 13.2 Å². The van der Waals surface area contributed by atoms with Gasteiger partial charge in [0.1, 0.15) is 31.8 Å². The van der Waals surface area contributed by atoms with E-state index in [0.29, 0.717) is 30.4 Å². The van der Waals surface area contributed by atoms with Crippen molar-refractivity contribution in [2.24, 2.45) is 0 Å². The Morgan fingerprint density at radius 2 is 1.64 bits per heavy atom. The van der Waals surface area contributed by atoms with Gasteiger partial charge in [-0.15, -0.1) is 0 Å². The molecule has 3 nitrogen and oxygen atoms in total. The first-order chi connectivity index (χ1) is 11.8. The summed E-state index contributed by atoms with van der Waals surface area (Å²) in [4.78, 5) is 2.88. The van der Waals surface area contributed by atoms with Crippen molar-refractivity contribution in [3.05, 3.63) is 35.4 Å². The number of nitrogens with one attached hydrogen (secondary N) is 2. The van der Waals surface area contributed by atoms with Gasteiger partial charge in [-0.1, -0.05) is 18.2 Å². The highest BCUT2D eigenvalue weighted by atomic mass is 19.4. The lowest BCUT2D eigenvalue weighted by Gasteiger charge is -2.39. The van der Waals surface area contributed by atoms with Gasteiger partial charge in [-0.05, 0) is 19.9 Å². The first kappa shape index (κ1) is 18.7. The minimum Gasteiger partial charge on any atom is -0.364 e. The number of likely N-dealkylation sites (tertiary alicyclic amines) is 1. The van der Waals surface area contributed by atoms with Crippen LogP contribution >= 0.6 is 0 Å². The summed E-state index contributed by atoms with van der Waals surface area (Å²) in [6.45, 7) is 8.71. The second-order valence-corrected chi connectivity index (χ2v) is 7.68. The van der Waals surface area contributed by atoms with Crippen LogP contribution < -0.4 is 9.80 Å². The number of piperidine rings is 1. The van der Waals surface area contributed by atoms with Gasteiger partial charge >= 0.3 is 6.18 Å². The van der Waals surface area contributed by atoms with Crippen molar-refractivity contribution in [3.63, 3.8) is 0 Å². The van der Waals surface area contributed by atoms with Gasteiger partial charge in [0, 0.05) is 18.4 Å². The lowest BCUT2D eigenvalue weighted by Crippen LogP contribution is -3.22. The van der Waals surface area contributed by atoms with E-state index in [2.05, 4.69) is 13.8 Å². The number of rotatable bonds is 3. The molecule has 0 saturated carbocycles. The number of hydrogen-bond donors (Lipinski definition) is 2. The van der Waals surface area contributed by atoms with E-state index < -0.39 is 11.7 Å². The Balaban J connectivity index is 1.57. The number of hydrogen-bond acceptors (Lipinski definition) is 1. The van der Waals surface area contributed by atoms with Gasteiger partial charge in [-0.2, -0.15) is 13.2 Å². The first-order valence-electron chi connectivity index (χ1n) is 9.31. The third-order valence-corrected chi connectivity index (χ3v) is 5.60. The Morgan fingerprint density at radius 1 is 1.04 bits per heavy atom. The Labute approximate surface area is 147 Å². The smallest absolute Gasteiger partial charge is 0.364 e. The SMILES string of the molecule is C[C@@H]1C[NH+](C2CC[NH+](Cc3ccccc3C(F)(F)F)CC2)C[C@H](C)O1. The number of alkyl halides is 3. The molecule has 0 bridgehead atoms. The molecule has 1 aromatic carbocycles. The molecule has 6 heteroatoms. The van der Waals surface area contributed by atoms with Crippen molar-refractivity contribution in [1.82, 2.24) is 0 Å². The molecule has 0 aliphatic carbocycles. The van der Waals surface area contributed by atoms with E-state index >= 15 is 0 Å². The summed E-state index contributed by atoms with van der Waals surface area (Å²) in [5.41, 5.74) is -0.0597. The van der Waals surface area contributed by atoms with Gasteiger partial charge in [-0.3, -0.25) is 0 Å². The maximum atomic E-state index is 13.2. The lowest BCUT2D eigenvalue weighted by atomic mass is 9.99. The number of ether oxygens (including phenoxy) is 1. The molecule has 0 spiro atoms. The zero-order chi connectivity index (χ0) is 18.0. The third-order valence-electron chi connectivity index (χ3n) is 5.60. The van der Waals surface area contributed by atoms with Crippen LogP contribution in [0.15, 0.2) is 24.3 Å². The molecule has 2 saturated heterocycles. The predicted molar refractivity (Wildman–Crippen MR) is 89.6 cm³/mol. The third kappa shape index (κ3) is 4.74. The quantitative estimate of drug-likeness (QED) is 0.823. The Bertz CT molecular complexity index is 560. The van der Waals surface area contributed by atoms with E-state index in [0.717, 1.165) is 39.0 Å². The first-order valence-corrected chi connectivity index (χ1v) is 9.31. The average Bonchev–Trinajstić information content (AvgIpc) is 2.54. The highest BCUT2D eigenvalue weighted by Crippen LogP contribution is 2.31. The average molecular weight is 358 g/mol. The molecule has 1 unspecified atom stereocenters. The molecule has 0 aromatic heterocycles. The Kier molecular flexibility index (Phi) is 5.71. The van der Waals surface area contributed by atoms with Gasteiger partial charge in [0.05, 0.1) is 24.7 Å². The normalized spacial score (nSPS) is 34.0. The summed E-state index contributed by atoms with van der Waals surface area (Å²) >= 11 is 0. The van der Waals surface area contributed by atoms with E-state index in [1.54, 1.807) is 17.0 Å². The van der Waals surface area contributed by atoms with Crippen LogP contribution in [0.4, 0.5) is 13.2 Å². The highest BCUT2D eigenvalue weighted by molar-refractivity contribution is 5.28. The zero-order valence-corrected chi connectivity index (χ0v) is 15.0. The Morgan fingerprint density at radius 3 is 2.24 bits per heavy atom. The standard InChI is InChI=1S/C19H27F3N2O/c1-14-11-24(12-15(2)25-14)17-7-9-23(10-8-17)13-16-5-3-4-6-18(16)19(20,21)22/h3-6,14-15,17H,7-13H2,1-2H3/p+2/t14-,15+. The van der Waals surface area contributed by atoms with Crippen LogP contribution in [0.25, 0.3) is 0 Å². The second kappa shape index (κ2) is 7.64. The summed E-state index contributed by atoms with van der Waals surface area (Å²) in [5, 5.41) is 0. The fourth-order valence-corrected chi connectivity index (χ4v) is 4.48. The summed E-state index contributed by atoms with van der Waals surface area (Å²) in [7, 11) is 0. The summed E-state index contributed by atoms with van der Waals surface area (Å²) in [5.74, 6) is 0. The van der Waals surface area contributed by atoms with Crippen LogP contribution in [0.3, 0.4) is 0 Å². The van der Waals surface area contributed by atoms with E-state index in [1.165, 1.54) is 17.0 Å². The fourth-order valence-electron chi connectivity index (χ4n) is 4.48. The predicted octanol–water partition coefficient (Wildman–Crippen LogP) is 0.945. The molecule has 2 aliphatic rings. The van der Waals surface area contributed by atoms with Crippen LogP contribution in [-0.2, 0) is 17.5 Å². The number of benzene rings is 1. The number of halogens is 3. The van der Waals surface area contributed by atoms with Crippen molar-refractivity contribution >= 4 is 0 Å². The summed E-state index contributed by atoms with van der Waals surface area (Å²) in [6, 6.07) is 6.62. The zero-order valence-electron chi connectivity index (χ0n) is 15.0. The summed E-state index contributed by atoms with van der Waals surface area (Å²) < 4.78 is 45.3. The maximum Gasteiger partial charge on any atom is 0.416 e. The van der Waals surface area contributed by atoms with Crippen molar-refractivity contribution < 1.29 is 27.7 Å². The minimum absolute atomic E-state index is 0.294. The topological polar surface area (TPSA) is 18.1 Å². The van der Waals surface area contributed by atoms with Gasteiger partial charge in [-0.25, -0.2) is 0 Å². The van der Waals surface area contributed by atoms with Gasteiger partial charge in [0.2, 0.25) is 0 Å². The molecule has 3 rings (SSSR count). The highest BCUT2D eigenvalue weighted by Gasteiger charge is 2.37. The summed E-state index contributed by atoms with van der Waals surface area (Å²) in [6.07, 6.45) is -1.51. The molecule has 2 heterocycles.